The molecular formula is C11H12Cl2N2. The maximum absolute atomic E-state index is 8.96. The zero-order chi connectivity index (χ0) is 11.6. The number of halogens is 2. The molecule has 0 saturated heterocycles. The number of hydrogen-bond acceptors (Lipinski definition) is 2. The summed E-state index contributed by atoms with van der Waals surface area (Å²) >= 11 is 11.7. The van der Waals surface area contributed by atoms with Gasteiger partial charge in [-0.3, -0.25) is 0 Å². The molecule has 1 atom stereocenters. The summed E-state index contributed by atoms with van der Waals surface area (Å²) in [5, 5.41) is 9.91. The van der Waals surface area contributed by atoms with E-state index in [1.807, 2.05) is 0 Å². The quantitative estimate of drug-likeness (QED) is 0.863. The van der Waals surface area contributed by atoms with E-state index in [-0.39, 0.29) is 6.04 Å². The lowest BCUT2D eigenvalue weighted by Gasteiger charge is -2.24. The van der Waals surface area contributed by atoms with Gasteiger partial charge in [-0.05, 0) is 31.5 Å². The molecule has 1 aromatic rings. The van der Waals surface area contributed by atoms with Gasteiger partial charge in [0.1, 0.15) is 0 Å². The number of benzene rings is 1. The minimum Gasteiger partial charge on any atom is -0.323 e. The Bertz CT molecular complexity index is 408. The first kappa shape index (κ1) is 12.3. The van der Waals surface area contributed by atoms with Crippen LogP contribution in [0.25, 0.3) is 0 Å². The minimum absolute atomic E-state index is 0.378. The molecule has 0 amide bonds. The van der Waals surface area contributed by atoms with Crippen molar-refractivity contribution < 1.29 is 0 Å². The van der Waals surface area contributed by atoms with Gasteiger partial charge < -0.3 is 5.73 Å². The van der Waals surface area contributed by atoms with E-state index in [0.717, 1.165) is 5.56 Å². The zero-order valence-electron chi connectivity index (χ0n) is 8.59. The topological polar surface area (TPSA) is 49.8 Å². The van der Waals surface area contributed by atoms with Gasteiger partial charge in [0.2, 0.25) is 0 Å². The summed E-state index contributed by atoms with van der Waals surface area (Å²) in [6.07, 6.45) is 0. The lowest BCUT2D eigenvalue weighted by atomic mass is 9.82. The van der Waals surface area contributed by atoms with Gasteiger partial charge in [-0.1, -0.05) is 29.3 Å². The molecule has 0 spiro atoms. The fraction of sp³-hybridized carbons (Fsp3) is 0.364. The summed E-state index contributed by atoms with van der Waals surface area (Å²) < 4.78 is 0. The Labute approximate surface area is 99.6 Å². The first-order chi connectivity index (χ1) is 6.88. The summed E-state index contributed by atoms with van der Waals surface area (Å²) in [4.78, 5) is 0. The molecule has 0 fully saturated rings. The highest BCUT2D eigenvalue weighted by atomic mass is 35.5. The van der Waals surface area contributed by atoms with Crippen molar-refractivity contribution in [1.82, 2.24) is 0 Å². The predicted molar refractivity (Wildman–Crippen MR) is 62.8 cm³/mol. The predicted octanol–water partition coefficient (Wildman–Crippen LogP) is 3.54. The van der Waals surface area contributed by atoms with Crippen molar-refractivity contribution in [2.24, 2.45) is 11.1 Å². The summed E-state index contributed by atoms with van der Waals surface area (Å²) in [7, 11) is 0. The molecule has 1 rings (SSSR count). The van der Waals surface area contributed by atoms with Crippen LogP contribution in [0.3, 0.4) is 0 Å². The van der Waals surface area contributed by atoms with E-state index in [4.69, 9.17) is 34.2 Å². The van der Waals surface area contributed by atoms with Crippen molar-refractivity contribution in [1.29, 1.82) is 5.26 Å². The van der Waals surface area contributed by atoms with Crippen LogP contribution in [0, 0.1) is 16.7 Å². The molecule has 0 aromatic heterocycles. The molecule has 0 aliphatic heterocycles. The number of hydrogen-bond donors (Lipinski definition) is 1. The van der Waals surface area contributed by atoms with Crippen LogP contribution in [0.15, 0.2) is 18.2 Å². The molecule has 0 saturated carbocycles. The van der Waals surface area contributed by atoms with E-state index >= 15 is 0 Å². The van der Waals surface area contributed by atoms with E-state index in [0.29, 0.717) is 10.0 Å². The molecule has 80 valence electrons. The summed E-state index contributed by atoms with van der Waals surface area (Å²) in [5.41, 5.74) is 6.17. The Morgan fingerprint density at radius 2 is 1.93 bits per heavy atom. The van der Waals surface area contributed by atoms with Crippen molar-refractivity contribution >= 4 is 23.2 Å². The number of nitrogens with zero attached hydrogens (tertiary/aromatic N) is 1. The van der Waals surface area contributed by atoms with Crippen molar-refractivity contribution in [3.05, 3.63) is 33.8 Å². The van der Waals surface area contributed by atoms with Crippen LogP contribution in [-0.2, 0) is 0 Å². The second kappa shape index (κ2) is 4.40. The molecule has 0 bridgehead atoms. The Kier molecular flexibility index (Phi) is 3.62. The lowest BCUT2D eigenvalue weighted by molar-refractivity contribution is 0.393. The monoisotopic (exact) mass is 242 g/mol. The average molecular weight is 243 g/mol. The highest BCUT2D eigenvalue weighted by Crippen LogP contribution is 2.33. The van der Waals surface area contributed by atoms with Gasteiger partial charge in [-0.2, -0.15) is 5.26 Å². The Balaban J connectivity index is 3.08. The van der Waals surface area contributed by atoms with Crippen LogP contribution in [0.2, 0.25) is 10.0 Å². The van der Waals surface area contributed by atoms with Crippen LogP contribution >= 0.6 is 23.2 Å². The second-order valence-electron chi connectivity index (χ2n) is 3.98. The summed E-state index contributed by atoms with van der Waals surface area (Å²) in [6, 6.07) is 6.97. The summed E-state index contributed by atoms with van der Waals surface area (Å²) in [5.74, 6) is 0. The number of rotatable bonds is 2. The third kappa shape index (κ3) is 2.63. The van der Waals surface area contributed by atoms with Crippen molar-refractivity contribution in [3.8, 4) is 6.07 Å². The first-order valence-electron chi connectivity index (χ1n) is 4.50. The minimum atomic E-state index is -0.628. The highest BCUT2D eigenvalue weighted by Gasteiger charge is 2.27. The van der Waals surface area contributed by atoms with Crippen molar-refractivity contribution in [2.45, 2.75) is 19.9 Å². The molecule has 0 heterocycles. The molecule has 2 nitrogen and oxygen atoms in total. The van der Waals surface area contributed by atoms with Crippen LogP contribution in [0.4, 0.5) is 0 Å². The Morgan fingerprint density at radius 3 is 2.40 bits per heavy atom. The van der Waals surface area contributed by atoms with Gasteiger partial charge in [0.05, 0.1) is 21.5 Å². The van der Waals surface area contributed by atoms with Gasteiger partial charge >= 0.3 is 0 Å². The highest BCUT2D eigenvalue weighted by molar-refractivity contribution is 6.42. The van der Waals surface area contributed by atoms with Gasteiger partial charge in [0.25, 0.3) is 0 Å². The average Bonchev–Trinajstić information content (AvgIpc) is 2.21. The van der Waals surface area contributed by atoms with E-state index in [2.05, 4.69) is 6.07 Å². The largest absolute Gasteiger partial charge is 0.323 e. The van der Waals surface area contributed by atoms with Crippen LogP contribution < -0.4 is 5.73 Å². The fourth-order valence-electron chi connectivity index (χ4n) is 1.19. The molecule has 4 heteroatoms. The normalized spacial score (nSPS) is 13.3. The molecule has 1 unspecified atom stereocenters. The molecular weight excluding hydrogens is 231 g/mol. The van der Waals surface area contributed by atoms with Gasteiger partial charge in [0, 0.05) is 6.04 Å². The van der Waals surface area contributed by atoms with E-state index in [9.17, 15) is 0 Å². The smallest absolute Gasteiger partial charge is 0.0710 e. The third-order valence-electron chi connectivity index (χ3n) is 2.37. The second-order valence-corrected chi connectivity index (χ2v) is 4.80. The fourth-order valence-corrected chi connectivity index (χ4v) is 1.50. The number of nitrogens with two attached hydrogens (primary N) is 1. The Morgan fingerprint density at radius 1 is 1.33 bits per heavy atom. The maximum atomic E-state index is 8.96. The molecule has 0 radical (unpaired) electrons. The van der Waals surface area contributed by atoms with Gasteiger partial charge in [-0.25, -0.2) is 0 Å². The van der Waals surface area contributed by atoms with Gasteiger partial charge in [-0.15, -0.1) is 0 Å². The van der Waals surface area contributed by atoms with Gasteiger partial charge in [0.15, 0.2) is 0 Å². The summed E-state index contributed by atoms with van der Waals surface area (Å²) in [6.45, 7) is 3.58. The maximum Gasteiger partial charge on any atom is 0.0710 e. The van der Waals surface area contributed by atoms with Crippen molar-refractivity contribution in [3.63, 3.8) is 0 Å². The Hall–Kier alpha value is -0.750. The van der Waals surface area contributed by atoms with E-state index in [1.165, 1.54) is 0 Å². The molecule has 15 heavy (non-hydrogen) atoms. The van der Waals surface area contributed by atoms with E-state index in [1.54, 1.807) is 32.0 Å². The zero-order valence-corrected chi connectivity index (χ0v) is 10.1. The third-order valence-corrected chi connectivity index (χ3v) is 3.11. The SMILES string of the molecule is CC(C)(C#N)C(N)c1ccc(Cl)c(Cl)c1. The molecule has 0 aliphatic rings. The van der Waals surface area contributed by atoms with E-state index < -0.39 is 5.41 Å². The molecule has 2 N–H and O–H groups in total. The van der Waals surface area contributed by atoms with Crippen molar-refractivity contribution in [2.75, 3.05) is 0 Å². The molecule has 1 aromatic carbocycles. The standard InChI is InChI=1S/C11H12Cl2N2/c1-11(2,6-14)10(15)7-3-4-8(12)9(13)5-7/h3-5,10H,15H2,1-2H3. The number of nitriles is 1. The first-order valence-corrected chi connectivity index (χ1v) is 5.26. The molecule has 0 aliphatic carbocycles. The lowest BCUT2D eigenvalue weighted by Crippen LogP contribution is -2.27. The van der Waals surface area contributed by atoms with Crippen LogP contribution in [-0.4, -0.2) is 0 Å². The van der Waals surface area contributed by atoms with Crippen LogP contribution in [0.1, 0.15) is 25.5 Å². The van der Waals surface area contributed by atoms with Crippen LogP contribution in [0.5, 0.6) is 0 Å².